The highest BCUT2D eigenvalue weighted by atomic mass is 35.5. The molecule has 0 saturated carbocycles. The third kappa shape index (κ3) is 4.07. The summed E-state index contributed by atoms with van der Waals surface area (Å²) in [6, 6.07) is 4.19. The molecule has 0 fully saturated rings. The molecule has 0 N–H and O–H groups in total. The topological polar surface area (TPSA) is 51.2 Å². The molecule has 1 aromatic carbocycles. The van der Waals surface area contributed by atoms with Crippen molar-refractivity contribution in [2.45, 2.75) is 19.8 Å². The van der Waals surface area contributed by atoms with Crippen LogP contribution in [0.25, 0.3) is 0 Å². The Morgan fingerprint density at radius 1 is 1.39 bits per heavy atom. The zero-order chi connectivity index (χ0) is 13.8. The van der Waals surface area contributed by atoms with Gasteiger partial charge in [0.1, 0.15) is 9.84 Å². The van der Waals surface area contributed by atoms with Crippen molar-refractivity contribution in [3.8, 4) is 0 Å². The highest BCUT2D eigenvalue weighted by Crippen LogP contribution is 2.19. The van der Waals surface area contributed by atoms with E-state index in [-0.39, 0.29) is 34.9 Å². The molecule has 0 aliphatic carbocycles. The van der Waals surface area contributed by atoms with E-state index < -0.39 is 21.4 Å². The highest BCUT2D eigenvalue weighted by molar-refractivity contribution is 7.91. The first-order chi connectivity index (χ1) is 8.37. The maximum absolute atomic E-state index is 13.5. The standard InChI is InChI=1S/C12H14ClFO3S/c1-2-18(16,17)8-4-7-11(15)9-5-3-6-10(13)12(9)14/h3,5-6H,2,4,7-8H2,1H3. The predicted molar refractivity (Wildman–Crippen MR) is 69.3 cm³/mol. The second-order valence-electron chi connectivity index (χ2n) is 3.86. The molecule has 0 unspecified atom stereocenters. The summed E-state index contributed by atoms with van der Waals surface area (Å²) in [5.41, 5.74) is -0.0867. The van der Waals surface area contributed by atoms with Crippen LogP contribution in [0.2, 0.25) is 5.02 Å². The van der Waals surface area contributed by atoms with Crippen LogP contribution in [0.1, 0.15) is 30.1 Å². The number of carbonyl (C=O) groups is 1. The Balaban J connectivity index is 2.64. The van der Waals surface area contributed by atoms with E-state index in [1.165, 1.54) is 18.2 Å². The van der Waals surface area contributed by atoms with E-state index in [0.29, 0.717) is 0 Å². The van der Waals surface area contributed by atoms with Gasteiger partial charge in [0.25, 0.3) is 0 Å². The Morgan fingerprint density at radius 3 is 2.67 bits per heavy atom. The van der Waals surface area contributed by atoms with Gasteiger partial charge in [-0.05, 0) is 18.6 Å². The van der Waals surface area contributed by atoms with Crippen LogP contribution in [-0.2, 0) is 9.84 Å². The molecule has 1 aromatic rings. The molecule has 0 bridgehead atoms. The highest BCUT2D eigenvalue weighted by Gasteiger charge is 2.15. The monoisotopic (exact) mass is 292 g/mol. The first-order valence-corrected chi connectivity index (χ1v) is 7.75. The number of benzene rings is 1. The van der Waals surface area contributed by atoms with Crippen molar-refractivity contribution in [2.24, 2.45) is 0 Å². The summed E-state index contributed by atoms with van der Waals surface area (Å²) in [4.78, 5) is 11.7. The van der Waals surface area contributed by atoms with E-state index in [4.69, 9.17) is 11.6 Å². The third-order valence-electron chi connectivity index (χ3n) is 2.55. The first kappa shape index (κ1) is 15.1. The maximum Gasteiger partial charge on any atom is 0.165 e. The van der Waals surface area contributed by atoms with Crippen molar-refractivity contribution in [1.82, 2.24) is 0 Å². The largest absolute Gasteiger partial charge is 0.294 e. The Hall–Kier alpha value is -0.940. The molecule has 3 nitrogen and oxygen atoms in total. The molecule has 0 aliphatic heterocycles. The van der Waals surface area contributed by atoms with Crippen molar-refractivity contribution >= 4 is 27.2 Å². The van der Waals surface area contributed by atoms with Gasteiger partial charge in [-0.1, -0.05) is 24.6 Å². The lowest BCUT2D eigenvalue weighted by Gasteiger charge is -2.04. The first-order valence-electron chi connectivity index (χ1n) is 5.55. The molecule has 0 saturated heterocycles. The minimum atomic E-state index is -3.09. The number of hydrogen-bond acceptors (Lipinski definition) is 3. The third-order valence-corrected chi connectivity index (χ3v) is 4.63. The molecule has 100 valence electrons. The van der Waals surface area contributed by atoms with Crippen LogP contribution in [0, 0.1) is 5.82 Å². The lowest BCUT2D eigenvalue weighted by molar-refractivity contribution is 0.0978. The Labute approximate surface area is 111 Å². The number of carbonyl (C=O) groups excluding carboxylic acids is 1. The van der Waals surface area contributed by atoms with Crippen LogP contribution >= 0.6 is 11.6 Å². The van der Waals surface area contributed by atoms with E-state index >= 15 is 0 Å². The number of ketones is 1. The van der Waals surface area contributed by atoms with Gasteiger partial charge < -0.3 is 0 Å². The van der Waals surface area contributed by atoms with Crippen molar-refractivity contribution in [1.29, 1.82) is 0 Å². The second kappa shape index (κ2) is 6.29. The Kier molecular flexibility index (Phi) is 5.28. The molecule has 0 aliphatic rings. The van der Waals surface area contributed by atoms with Gasteiger partial charge in [0.2, 0.25) is 0 Å². The fourth-order valence-electron chi connectivity index (χ4n) is 1.45. The van der Waals surface area contributed by atoms with Gasteiger partial charge in [-0.15, -0.1) is 0 Å². The zero-order valence-corrected chi connectivity index (χ0v) is 11.5. The summed E-state index contributed by atoms with van der Waals surface area (Å²) >= 11 is 5.56. The second-order valence-corrected chi connectivity index (χ2v) is 6.74. The number of Topliss-reactive ketones (excluding diaryl/α,β-unsaturated/α-hetero) is 1. The molecular weight excluding hydrogens is 279 g/mol. The molecule has 18 heavy (non-hydrogen) atoms. The van der Waals surface area contributed by atoms with Crippen LogP contribution in [0.15, 0.2) is 18.2 Å². The van der Waals surface area contributed by atoms with Gasteiger partial charge in [0, 0.05) is 12.2 Å². The fourth-order valence-corrected chi connectivity index (χ4v) is 2.50. The smallest absolute Gasteiger partial charge is 0.165 e. The Bertz CT molecular complexity index is 540. The summed E-state index contributed by atoms with van der Waals surface area (Å²) in [7, 11) is -3.09. The summed E-state index contributed by atoms with van der Waals surface area (Å²) < 4.78 is 36.0. The van der Waals surface area contributed by atoms with E-state index in [9.17, 15) is 17.6 Å². The molecule has 0 atom stereocenters. The normalized spacial score (nSPS) is 11.5. The van der Waals surface area contributed by atoms with E-state index in [0.717, 1.165) is 0 Å². The Morgan fingerprint density at radius 2 is 2.06 bits per heavy atom. The van der Waals surface area contributed by atoms with Crippen molar-refractivity contribution < 1.29 is 17.6 Å². The van der Waals surface area contributed by atoms with Crippen LogP contribution in [0.5, 0.6) is 0 Å². The van der Waals surface area contributed by atoms with E-state index in [1.807, 2.05) is 0 Å². The predicted octanol–water partition coefficient (Wildman–Crippen LogP) is 2.88. The van der Waals surface area contributed by atoms with E-state index in [2.05, 4.69) is 0 Å². The lowest BCUT2D eigenvalue weighted by atomic mass is 10.1. The molecule has 0 heterocycles. The SMILES string of the molecule is CCS(=O)(=O)CCCC(=O)c1cccc(Cl)c1F. The van der Waals surface area contributed by atoms with Crippen molar-refractivity contribution in [3.63, 3.8) is 0 Å². The summed E-state index contributed by atoms with van der Waals surface area (Å²) in [6.45, 7) is 1.55. The van der Waals surface area contributed by atoms with Gasteiger partial charge in [0.05, 0.1) is 16.3 Å². The molecule has 0 spiro atoms. The van der Waals surface area contributed by atoms with Crippen molar-refractivity contribution in [2.75, 3.05) is 11.5 Å². The molecule has 0 amide bonds. The number of rotatable bonds is 6. The maximum atomic E-state index is 13.5. The van der Waals surface area contributed by atoms with Crippen molar-refractivity contribution in [3.05, 3.63) is 34.6 Å². The van der Waals surface area contributed by atoms with E-state index in [1.54, 1.807) is 6.92 Å². The molecule has 0 aromatic heterocycles. The number of halogens is 2. The number of hydrogen-bond donors (Lipinski definition) is 0. The van der Waals surface area contributed by atoms with Gasteiger partial charge in [0.15, 0.2) is 11.6 Å². The van der Waals surface area contributed by atoms with Crippen LogP contribution in [-0.4, -0.2) is 25.7 Å². The summed E-state index contributed by atoms with van der Waals surface area (Å²) in [5.74, 6) is -1.19. The summed E-state index contributed by atoms with van der Waals surface area (Å²) in [5, 5.41) is -0.109. The molecule has 0 radical (unpaired) electrons. The minimum absolute atomic E-state index is 0.00348. The van der Waals surface area contributed by atoms with Gasteiger partial charge in [-0.25, -0.2) is 12.8 Å². The fraction of sp³-hybridized carbons (Fsp3) is 0.417. The zero-order valence-electron chi connectivity index (χ0n) is 9.95. The summed E-state index contributed by atoms with van der Waals surface area (Å²) in [6.07, 6.45) is 0.192. The molecule has 1 rings (SSSR count). The van der Waals surface area contributed by atoms with Crippen LogP contribution < -0.4 is 0 Å². The van der Waals surface area contributed by atoms with Crippen LogP contribution in [0.4, 0.5) is 4.39 Å². The molecular formula is C12H14ClFO3S. The minimum Gasteiger partial charge on any atom is -0.294 e. The number of sulfone groups is 1. The van der Waals surface area contributed by atoms with Crippen LogP contribution in [0.3, 0.4) is 0 Å². The van der Waals surface area contributed by atoms with Gasteiger partial charge in [-0.2, -0.15) is 0 Å². The van der Waals surface area contributed by atoms with Gasteiger partial charge >= 0.3 is 0 Å². The lowest BCUT2D eigenvalue weighted by Crippen LogP contribution is -2.11. The van der Waals surface area contributed by atoms with Gasteiger partial charge in [-0.3, -0.25) is 4.79 Å². The average Bonchev–Trinajstić information content (AvgIpc) is 2.32. The quantitative estimate of drug-likeness (QED) is 0.758. The molecule has 6 heteroatoms. The average molecular weight is 293 g/mol.